The predicted molar refractivity (Wildman–Crippen MR) is 261 cm³/mol. The van der Waals surface area contributed by atoms with Gasteiger partial charge in [0.1, 0.15) is 0 Å². The molecule has 4 nitrogen and oxygen atoms in total. The molecule has 0 saturated heterocycles. The van der Waals surface area contributed by atoms with E-state index in [1.807, 2.05) is 29.5 Å². The van der Waals surface area contributed by atoms with Crippen LogP contribution in [0.5, 0.6) is 0 Å². The van der Waals surface area contributed by atoms with Crippen LogP contribution < -0.4 is 0 Å². The van der Waals surface area contributed by atoms with Crippen LogP contribution in [-0.2, 0) is 0 Å². The molecule has 0 saturated carbocycles. The third kappa shape index (κ3) is 5.29. The summed E-state index contributed by atoms with van der Waals surface area (Å²) < 4.78 is 4.80. The fourth-order valence-corrected chi connectivity index (χ4v) is 10.9. The van der Waals surface area contributed by atoms with Crippen molar-refractivity contribution in [1.82, 2.24) is 19.5 Å². The van der Waals surface area contributed by atoms with Crippen LogP contribution in [0.15, 0.2) is 206 Å². The Kier molecular flexibility index (Phi) is 7.74. The molecule has 0 atom stereocenters. The van der Waals surface area contributed by atoms with Crippen molar-refractivity contribution in [2.75, 3.05) is 0 Å². The van der Waals surface area contributed by atoms with Gasteiger partial charge >= 0.3 is 0 Å². The Bertz CT molecular complexity index is 3890. The van der Waals surface area contributed by atoms with Crippen molar-refractivity contribution in [3.63, 3.8) is 0 Å². The van der Waals surface area contributed by atoms with Crippen molar-refractivity contribution in [3.8, 4) is 51.0 Å². The standard InChI is InChI=1S/C57H34N4S/c1-3-16-35(17-4-1)38-25-14-30-50-52(38)53-45(26-15-31-51(53)62-50)47-28-13-27-46-44-24-11-12-29-49(44)61(54(46)47)57-59-55(36-18-5-2-6-19-36)58-56(60-57)37-32-33-43-41-22-8-7-20-39(41)40-21-9-10-23-42(40)48(43)34-37/h1-34H. The largest absolute Gasteiger partial charge is 0.277 e. The number of aromatic nitrogens is 4. The second kappa shape index (κ2) is 13.8. The maximum absolute atomic E-state index is 5.45. The minimum Gasteiger partial charge on any atom is -0.277 e. The minimum atomic E-state index is 0.572. The molecule has 0 bridgehead atoms. The van der Waals surface area contributed by atoms with Gasteiger partial charge in [-0.25, -0.2) is 4.98 Å². The molecule has 13 rings (SSSR count). The quantitative estimate of drug-likeness (QED) is 0.163. The smallest absolute Gasteiger partial charge is 0.238 e. The van der Waals surface area contributed by atoms with Gasteiger partial charge in [0, 0.05) is 47.6 Å². The molecule has 0 spiro atoms. The van der Waals surface area contributed by atoms with Crippen molar-refractivity contribution in [2.24, 2.45) is 0 Å². The molecule has 13 aromatic rings. The monoisotopic (exact) mass is 806 g/mol. The van der Waals surface area contributed by atoms with Gasteiger partial charge in [-0.3, -0.25) is 4.57 Å². The SMILES string of the molecule is c1ccc(-c2nc(-c3ccc4c5ccccc5c5ccccc5c4c3)nc(-n3c4ccccc4c4cccc(-c5cccc6sc7cccc(-c8ccccc8)c7c56)c43)n2)cc1. The van der Waals surface area contributed by atoms with Gasteiger partial charge in [0.25, 0.3) is 0 Å². The normalized spacial score (nSPS) is 11.9. The summed E-state index contributed by atoms with van der Waals surface area (Å²) in [5.41, 5.74) is 8.71. The van der Waals surface area contributed by atoms with E-state index in [1.165, 1.54) is 69.2 Å². The van der Waals surface area contributed by atoms with Gasteiger partial charge in [-0.15, -0.1) is 11.3 Å². The zero-order valence-corrected chi connectivity index (χ0v) is 34.1. The van der Waals surface area contributed by atoms with E-state index in [4.69, 9.17) is 15.0 Å². The van der Waals surface area contributed by atoms with Crippen molar-refractivity contribution in [3.05, 3.63) is 206 Å². The van der Waals surface area contributed by atoms with Crippen molar-refractivity contribution in [2.45, 2.75) is 0 Å². The van der Waals surface area contributed by atoms with Crippen molar-refractivity contribution < 1.29 is 0 Å². The Morgan fingerprint density at radius 3 is 1.52 bits per heavy atom. The molecule has 0 aliphatic heterocycles. The molecule has 0 radical (unpaired) electrons. The highest BCUT2D eigenvalue weighted by Gasteiger charge is 2.23. The fourth-order valence-electron chi connectivity index (χ4n) is 9.75. The van der Waals surface area contributed by atoms with E-state index in [2.05, 4.69) is 193 Å². The molecule has 0 aliphatic carbocycles. The Morgan fingerprint density at radius 1 is 0.323 bits per heavy atom. The first kappa shape index (κ1) is 34.8. The number of hydrogen-bond acceptors (Lipinski definition) is 4. The van der Waals surface area contributed by atoms with Crippen LogP contribution in [0.2, 0.25) is 0 Å². The van der Waals surface area contributed by atoms with Gasteiger partial charge in [0.05, 0.1) is 11.0 Å². The van der Waals surface area contributed by atoms with Gasteiger partial charge in [-0.2, -0.15) is 9.97 Å². The number of fused-ring (bicyclic) bond motifs is 12. The van der Waals surface area contributed by atoms with Gasteiger partial charge in [-0.05, 0) is 73.3 Å². The molecule has 3 heterocycles. The summed E-state index contributed by atoms with van der Waals surface area (Å²) in [5.74, 6) is 1.81. The number of para-hydroxylation sites is 2. The van der Waals surface area contributed by atoms with Crippen LogP contribution in [0, 0.1) is 0 Å². The minimum absolute atomic E-state index is 0.572. The molecule has 3 aromatic heterocycles. The Balaban J connectivity index is 1.11. The molecule has 0 fully saturated rings. The molecule has 0 N–H and O–H groups in total. The topological polar surface area (TPSA) is 43.6 Å². The maximum Gasteiger partial charge on any atom is 0.238 e. The van der Waals surface area contributed by atoms with Crippen LogP contribution in [-0.4, -0.2) is 19.5 Å². The van der Waals surface area contributed by atoms with E-state index < -0.39 is 0 Å². The van der Waals surface area contributed by atoms with Gasteiger partial charge in [-0.1, -0.05) is 182 Å². The molecular weight excluding hydrogens is 773 g/mol. The summed E-state index contributed by atoms with van der Waals surface area (Å²) >= 11 is 1.85. The predicted octanol–water partition coefficient (Wildman–Crippen LogP) is 15.5. The third-order valence-electron chi connectivity index (χ3n) is 12.5. The lowest BCUT2D eigenvalue weighted by Crippen LogP contribution is -2.07. The molecule has 5 heteroatoms. The van der Waals surface area contributed by atoms with Crippen LogP contribution in [0.4, 0.5) is 0 Å². The zero-order valence-electron chi connectivity index (χ0n) is 33.3. The lowest BCUT2D eigenvalue weighted by atomic mass is 9.93. The number of benzene rings is 10. The number of hydrogen-bond donors (Lipinski definition) is 0. The van der Waals surface area contributed by atoms with Gasteiger partial charge in [0.2, 0.25) is 5.95 Å². The van der Waals surface area contributed by atoms with Crippen molar-refractivity contribution in [1.29, 1.82) is 0 Å². The average Bonchev–Trinajstić information content (AvgIpc) is 3.91. The van der Waals surface area contributed by atoms with Gasteiger partial charge in [0.15, 0.2) is 11.6 Å². The summed E-state index contributed by atoms with van der Waals surface area (Å²) in [6.07, 6.45) is 0. The first-order chi connectivity index (χ1) is 30.8. The lowest BCUT2D eigenvalue weighted by molar-refractivity contribution is 0.954. The van der Waals surface area contributed by atoms with E-state index in [-0.39, 0.29) is 0 Å². The molecule has 62 heavy (non-hydrogen) atoms. The van der Waals surface area contributed by atoms with Crippen LogP contribution in [0.25, 0.3) is 125 Å². The number of rotatable bonds is 5. The van der Waals surface area contributed by atoms with Gasteiger partial charge < -0.3 is 0 Å². The highest BCUT2D eigenvalue weighted by atomic mass is 32.1. The number of thiophene rings is 1. The molecule has 0 aliphatic rings. The molecule has 0 unspecified atom stereocenters. The highest BCUT2D eigenvalue weighted by Crippen LogP contribution is 2.47. The second-order valence-electron chi connectivity index (χ2n) is 15.9. The van der Waals surface area contributed by atoms with Crippen LogP contribution in [0.3, 0.4) is 0 Å². The first-order valence-electron chi connectivity index (χ1n) is 20.9. The average molecular weight is 807 g/mol. The van der Waals surface area contributed by atoms with Crippen molar-refractivity contribution >= 4 is 85.6 Å². The van der Waals surface area contributed by atoms with E-state index in [0.717, 1.165) is 38.5 Å². The second-order valence-corrected chi connectivity index (χ2v) is 17.0. The van der Waals surface area contributed by atoms with Crippen LogP contribution >= 0.6 is 11.3 Å². The van der Waals surface area contributed by atoms with E-state index in [9.17, 15) is 0 Å². The molecule has 10 aromatic carbocycles. The third-order valence-corrected chi connectivity index (χ3v) is 13.6. The lowest BCUT2D eigenvalue weighted by Gasteiger charge is -2.15. The maximum atomic E-state index is 5.45. The summed E-state index contributed by atoms with van der Waals surface area (Å²) in [6, 6.07) is 73.8. The van der Waals surface area contributed by atoms with E-state index >= 15 is 0 Å². The molecule has 288 valence electrons. The zero-order chi connectivity index (χ0) is 40.7. The summed E-state index contributed by atoms with van der Waals surface area (Å²) in [6.45, 7) is 0. The summed E-state index contributed by atoms with van der Waals surface area (Å²) in [7, 11) is 0. The first-order valence-corrected chi connectivity index (χ1v) is 21.8. The van der Waals surface area contributed by atoms with E-state index in [1.54, 1.807) is 0 Å². The molecule has 0 amide bonds. The Labute approximate surface area is 360 Å². The van der Waals surface area contributed by atoms with E-state index in [0.29, 0.717) is 17.6 Å². The fraction of sp³-hybridized carbons (Fsp3) is 0. The summed E-state index contributed by atoms with van der Waals surface area (Å²) in [4.78, 5) is 16.1. The Hall–Kier alpha value is -7.99. The summed E-state index contributed by atoms with van der Waals surface area (Å²) in [5, 5.41) is 12.1. The number of nitrogens with zero attached hydrogens (tertiary/aromatic N) is 4. The van der Waals surface area contributed by atoms with Crippen LogP contribution in [0.1, 0.15) is 0 Å². The molecular formula is C57H34N4S. The highest BCUT2D eigenvalue weighted by molar-refractivity contribution is 7.26. The Morgan fingerprint density at radius 2 is 0.823 bits per heavy atom.